The van der Waals surface area contributed by atoms with Gasteiger partial charge in [0.1, 0.15) is 11.4 Å². The van der Waals surface area contributed by atoms with Gasteiger partial charge in [0.05, 0.1) is 36.5 Å². The van der Waals surface area contributed by atoms with Crippen molar-refractivity contribution >= 4 is 46.6 Å². The van der Waals surface area contributed by atoms with Gasteiger partial charge in [0.2, 0.25) is 18.3 Å². The fourth-order valence-electron chi connectivity index (χ4n) is 3.50. The summed E-state index contributed by atoms with van der Waals surface area (Å²) in [6.07, 6.45) is 2.08. The second-order valence-corrected chi connectivity index (χ2v) is 7.19. The molecule has 0 aliphatic rings. The Morgan fingerprint density at radius 3 is 2.61 bits per heavy atom. The van der Waals surface area contributed by atoms with Gasteiger partial charge in [-0.15, -0.1) is 0 Å². The van der Waals surface area contributed by atoms with E-state index in [4.69, 9.17) is 20.9 Å². The minimum absolute atomic E-state index is 0.305. The number of primary amides is 1. The van der Waals surface area contributed by atoms with E-state index < -0.39 is 11.9 Å². The number of esters is 1. The number of unbranched alkanes of at least 4 members (excludes halogenated alkanes) is 1. The van der Waals surface area contributed by atoms with Crippen molar-refractivity contribution in [2.75, 3.05) is 37.1 Å². The monoisotopic (exact) mass is 454 g/mol. The Kier molecular flexibility index (Phi) is 7.34. The first-order valence-corrected chi connectivity index (χ1v) is 10.2. The summed E-state index contributed by atoms with van der Waals surface area (Å²) in [6.45, 7) is 1.17. The summed E-state index contributed by atoms with van der Waals surface area (Å²) in [5.74, 6) is -0.212. The SMILES string of the molecule is COC(=O)c1cc(N)c(NCCCCn2c(NC=O)nc3cc(C(N)=O)ccc32)c(OC)c1. The Bertz CT molecular complexity index is 1190. The smallest absolute Gasteiger partial charge is 0.338 e. The van der Waals surface area contributed by atoms with Gasteiger partial charge in [-0.1, -0.05) is 0 Å². The van der Waals surface area contributed by atoms with Gasteiger partial charge in [0.15, 0.2) is 0 Å². The molecular weight excluding hydrogens is 428 g/mol. The molecule has 0 saturated carbocycles. The zero-order valence-corrected chi connectivity index (χ0v) is 18.4. The van der Waals surface area contributed by atoms with Gasteiger partial charge in [-0.25, -0.2) is 9.78 Å². The van der Waals surface area contributed by atoms with Gasteiger partial charge >= 0.3 is 5.97 Å². The van der Waals surface area contributed by atoms with Crippen molar-refractivity contribution in [3.8, 4) is 5.75 Å². The van der Waals surface area contributed by atoms with Crippen molar-refractivity contribution in [2.45, 2.75) is 19.4 Å². The zero-order valence-electron chi connectivity index (χ0n) is 18.4. The summed E-state index contributed by atoms with van der Waals surface area (Å²) in [6, 6.07) is 8.08. The standard InChI is InChI=1S/C22H26N6O5/c1-32-18-11-14(21(31)33-2)9-15(23)19(18)25-7-3-4-8-28-17-6-5-13(20(24)30)10-16(17)27-22(28)26-12-29/h5-6,9-12,25H,3-4,7-8,23H2,1-2H3,(H2,24,30)(H,26,27,29). The van der Waals surface area contributed by atoms with Crippen molar-refractivity contribution in [3.63, 3.8) is 0 Å². The predicted molar refractivity (Wildman–Crippen MR) is 124 cm³/mol. The van der Waals surface area contributed by atoms with Crippen LogP contribution in [-0.2, 0) is 16.1 Å². The summed E-state index contributed by atoms with van der Waals surface area (Å²) in [5.41, 5.74) is 14.4. The van der Waals surface area contributed by atoms with E-state index in [0.717, 1.165) is 18.4 Å². The molecule has 0 saturated heterocycles. The maximum Gasteiger partial charge on any atom is 0.338 e. The highest BCUT2D eigenvalue weighted by atomic mass is 16.5. The molecule has 1 heterocycles. The highest BCUT2D eigenvalue weighted by Crippen LogP contribution is 2.32. The summed E-state index contributed by atoms with van der Waals surface area (Å²) >= 11 is 0. The first-order chi connectivity index (χ1) is 15.9. The topological polar surface area (TPSA) is 164 Å². The number of ether oxygens (including phenoxy) is 2. The molecule has 0 aliphatic heterocycles. The van der Waals surface area contributed by atoms with Crippen LogP contribution < -0.4 is 26.8 Å². The molecule has 33 heavy (non-hydrogen) atoms. The molecule has 6 N–H and O–H groups in total. The number of hydrogen-bond acceptors (Lipinski definition) is 8. The molecule has 0 radical (unpaired) electrons. The van der Waals surface area contributed by atoms with Crippen LogP contribution in [0.5, 0.6) is 5.75 Å². The van der Waals surface area contributed by atoms with Gasteiger partial charge in [0.25, 0.3) is 0 Å². The lowest BCUT2D eigenvalue weighted by Crippen LogP contribution is -2.11. The van der Waals surface area contributed by atoms with E-state index in [0.29, 0.717) is 59.2 Å². The van der Waals surface area contributed by atoms with E-state index in [1.807, 2.05) is 4.57 Å². The highest BCUT2D eigenvalue weighted by molar-refractivity contribution is 5.97. The number of anilines is 3. The van der Waals surface area contributed by atoms with Crippen LogP contribution in [-0.4, -0.2) is 48.6 Å². The van der Waals surface area contributed by atoms with Crippen molar-refractivity contribution < 1.29 is 23.9 Å². The van der Waals surface area contributed by atoms with E-state index >= 15 is 0 Å². The van der Waals surface area contributed by atoms with Crippen molar-refractivity contribution in [1.82, 2.24) is 9.55 Å². The van der Waals surface area contributed by atoms with Crippen LogP contribution in [0.1, 0.15) is 33.6 Å². The maximum atomic E-state index is 11.8. The Morgan fingerprint density at radius 1 is 1.15 bits per heavy atom. The van der Waals surface area contributed by atoms with Crippen molar-refractivity contribution in [1.29, 1.82) is 0 Å². The fourth-order valence-corrected chi connectivity index (χ4v) is 3.50. The predicted octanol–water partition coefficient (Wildman–Crippen LogP) is 1.97. The first-order valence-electron chi connectivity index (χ1n) is 10.2. The average molecular weight is 454 g/mol. The molecule has 2 aromatic carbocycles. The molecule has 0 unspecified atom stereocenters. The quantitative estimate of drug-likeness (QED) is 0.148. The first kappa shape index (κ1) is 23.4. The third-order valence-electron chi connectivity index (χ3n) is 5.10. The van der Waals surface area contributed by atoms with Gasteiger partial charge in [-0.05, 0) is 43.2 Å². The van der Waals surface area contributed by atoms with Crippen LogP contribution >= 0.6 is 0 Å². The van der Waals surface area contributed by atoms with Crippen LogP contribution in [0.25, 0.3) is 11.0 Å². The van der Waals surface area contributed by atoms with Crippen LogP contribution in [0.4, 0.5) is 17.3 Å². The number of nitrogens with one attached hydrogen (secondary N) is 2. The highest BCUT2D eigenvalue weighted by Gasteiger charge is 2.15. The number of hydrogen-bond donors (Lipinski definition) is 4. The molecule has 11 nitrogen and oxygen atoms in total. The molecule has 0 bridgehead atoms. The average Bonchev–Trinajstić information content (AvgIpc) is 3.15. The minimum atomic E-state index is -0.545. The van der Waals surface area contributed by atoms with Gasteiger partial charge in [-0.2, -0.15) is 0 Å². The number of aryl methyl sites for hydroxylation is 1. The number of rotatable bonds is 11. The van der Waals surface area contributed by atoms with E-state index in [9.17, 15) is 14.4 Å². The number of nitrogens with zero attached hydrogens (tertiary/aromatic N) is 2. The largest absolute Gasteiger partial charge is 0.494 e. The summed E-state index contributed by atoms with van der Waals surface area (Å²) in [5, 5.41) is 5.83. The molecule has 0 fully saturated rings. The van der Waals surface area contributed by atoms with Gasteiger partial charge < -0.3 is 30.8 Å². The summed E-state index contributed by atoms with van der Waals surface area (Å²) in [4.78, 5) is 38.6. The lowest BCUT2D eigenvalue weighted by Gasteiger charge is -2.15. The second-order valence-electron chi connectivity index (χ2n) is 7.19. The molecule has 0 atom stereocenters. The second kappa shape index (κ2) is 10.4. The molecule has 0 spiro atoms. The van der Waals surface area contributed by atoms with Crippen LogP contribution in [0, 0.1) is 0 Å². The number of nitrogens with two attached hydrogens (primary N) is 2. The number of amides is 2. The Labute approximate surface area is 190 Å². The minimum Gasteiger partial charge on any atom is -0.494 e. The third-order valence-corrected chi connectivity index (χ3v) is 5.10. The molecular formula is C22H26N6O5. The summed E-state index contributed by atoms with van der Waals surface area (Å²) < 4.78 is 12.0. The van der Waals surface area contributed by atoms with Gasteiger partial charge in [0, 0.05) is 18.7 Å². The van der Waals surface area contributed by atoms with Crippen molar-refractivity contribution in [3.05, 3.63) is 41.5 Å². The number of imidazole rings is 1. The van der Waals surface area contributed by atoms with Crippen LogP contribution in [0.15, 0.2) is 30.3 Å². The van der Waals surface area contributed by atoms with Crippen molar-refractivity contribution in [2.24, 2.45) is 5.73 Å². The summed E-state index contributed by atoms with van der Waals surface area (Å²) in [7, 11) is 2.80. The molecule has 3 aromatic rings. The van der Waals surface area contributed by atoms with E-state index in [1.165, 1.54) is 20.3 Å². The lowest BCUT2D eigenvalue weighted by molar-refractivity contribution is -0.105. The molecule has 11 heteroatoms. The van der Waals surface area contributed by atoms with E-state index in [2.05, 4.69) is 15.6 Å². The third kappa shape index (κ3) is 5.14. The van der Waals surface area contributed by atoms with E-state index in [1.54, 1.807) is 24.3 Å². The number of fused-ring (bicyclic) bond motifs is 1. The Hall–Kier alpha value is -4.28. The molecule has 1 aromatic heterocycles. The molecule has 3 rings (SSSR count). The number of carbonyl (C=O) groups excluding carboxylic acids is 3. The lowest BCUT2D eigenvalue weighted by atomic mass is 10.1. The van der Waals surface area contributed by atoms with Crippen LogP contribution in [0.2, 0.25) is 0 Å². The number of methoxy groups -OCH3 is 2. The molecule has 174 valence electrons. The Balaban J connectivity index is 1.67. The van der Waals surface area contributed by atoms with Gasteiger partial charge in [-0.3, -0.25) is 14.9 Å². The number of carbonyl (C=O) groups is 3. The fraction of sp³-hybridized carbons (Fsp3) is 0.273. The molecule has 0 aliphatic carbocycles. The number of nitrogen functional groups attached to an aromatic ring is 1. The number of benzene rings is 2. The normalized spacial score (nSPS) is 10.6. The van der Waals surface area contributed by atoms with Crippen LogP contribution in [0.3, 0.4) is 0 Å². The maximum absolute atomic E-state index is 11.8. The number of aromatic nitrogens is 2. The zero-order chi connectivity index (χ0) is 24.0. The molecule has 2 amide bonds. The van der Waals surface area contributed by atoms with E-state index in [-0.39, 0.29) is 0 Å². The Morgan fingerprint density at radius 2 is 1.94 bits per heavy atom.